The van der Waals surface area contributed by atoms with Crippen LogP contribution in [0.3, 0.4) is 0 Å². The van der Waals surface area contributed by atoms with Crippen LogP contribution in [-0.4, -0.2) is 33.1 Å². The maximum absolute atomic E-state index is 13.3. The topological polar surface area (TPSA) is 81.1 Å². The minimum atomic E-state index is -0.480. The highest BCUT2D eigenvalue weighted by atomic mass is 35.5. The molecule has 7 nitrogen and oxygen atoms in total. The van der Waals surface area contributed by atoms with Crippen LogP contribution < -0.4 is 15.5 Å². The van der Waals surface area contributed by atoms with Crippen LogP contribution in [0.5, 0.6) is 5.75 Å². The summed E-state index contributed by atoms with van der Waals surface area (Å²) in [7, 11) is 1.57. The molecule has 2 N–H and O–H groups in total. The SMILES string of the molecule is COc1ccc([C@@H]2Nn3c(C)nnc3S[C@@H]2C(=O)Nc2cc(C)cc(C)c2)cc1Cl. The molecule has 2 atom stereocenters. The Morgan fingerprint density at radius 1 is 1.17 bits per heavy atom. The first kappa shape index (κ1) is 20.6. The van der Waals surface area contributed by atoms with Crippen LogP contribution in [0.1, 0.15) is 28.6 Å². The molecule has 156 valence electrons. The molecule has 2 heterocycles. The Kier molecular flexibility index (Phi) is 5.62. The molecule has 0 bridgehead atoms. The third-order valence-corrected chi connectivity index (χ3v) is 6.39. The number of aryl methyl sites for hydroxylation is 3. The number of hydrogen-bond donors (Lipinski definition) is 2. The van der Waals surface area contributed by atoms with Gasteiger partial charge in [-0.25, -0.2) is 4.68 Å². The fourth-order valence-corrected chi connectivity index (χ4v) is 4.94. The highest BCUT2D eigenvalue weighted by Gasteiger charge is 2.37. The lowest BCUT2D eigenvalue weighted by atomic mass is 10.0. The third-order valence-electron chi connectivity index (χ3n) is 4.88. The second-order valence-corrected chi connectivity index (χ2v) is 8.79. The third kappa shape index (κ3) is 3.97. The number of amides is 1. The Morgan fingerprint density at radius 3 is 2.57 bits per heavy atom. The zero-order valence-electron chi connectivity index (χ0n) is 17.1. The smallest absolute Gasteiger partial charge is 0.240 e. The zero-order chi connectivity index (χ0) is 21.4. The van der Waals surface area contributed by atoms with E-state index in [2.05, 4.69) is 27.0 Å². The van der Waals surface area contributed by atoms with Gasteiger partial charge in [0, 0.05) is 5.69 Å². The molecule has 2 aromatic carbocycles. The number of carbonyl (C=O) groups is 1. The van der Waals surface area contributed by atoms with Crippen molar-refractivity contribution in [1.29, 1.82) is 0 Å². The van der Waals surface area contributed by atoms with Gasteiger partial charge in [0.2, 0.25) is 11.1 Å². The van der Waals surface area contributed by atoms with Crippen molar-refractivity contribution in [2.75, 3.05) is 17.9 Å². The number of nitrogens with zero attached hydrogens (tertiary/aromatic N) is 3. The fourth-order valence-electron chi connectivity index (χ4n) is 3.55. The monoisotopic (exact) mass is 443 g/mol. The lowest BCUT2D eigenvalue weighted by molar-refractivity contribution is -0.116. The fraction of sp³-hybridized carbons (Fsp3) is 0.286. The van der Waals surface area contributed by atoms with Crippen molar-refractivity contribution in [3.63, 3.8) is 0 Å². The Morgan fingerprint density at radius 2 is 1.90 bits per heavy atom. The Hall–Kier alpha value is -2.71. The predicted octanol–water partition coefficient (Wildman–Crippen LogP) is 4.26. The first-order valence-corrected chi connectivity index (χ1v) is 10.7. The first-order chi connectivity index (χ1) is 14.4. The van der Waals surface area contributed by atoms with Crippen LogP contribution in [0.2, 0.25) is 5.02 Å². The average Bonchev–Trinajstić information content (AvgIpc) is 3.06. The second-order valence-electron chi connectivity index (χ2n) is 7.27. The average molecular weight is 444 g/mol. The van der Waals surface area contributed by atoms with Crippen LogP contribution in [0.4, 0.5) is 5.69 Å². The molecule has 1 amide bonds. The van der Waals surface area contributed by atoms with Crippen LogP contribution >= 0.6 is 23.4 Å². The normalized spacial score (nSPS) is 17.8. The minimum Gasteiger partial charge on any atom is -0.495 e. The maximum Gasteiger partial charge on any atom is 0.240 e. The molecular formula is C21H22ClN5O2S. The summed E-state index contributed by atoms with van der Waals surface area (Å²) < 4.78 is 7.06. The minimum absolute atomic E-state index is 0.124. The van der Waals surface area contributed by atoms with Crippen molar-refractivity contribution in [2.45, 2.75) is 37.2 Å². The molecule has 9 heteroatoms. The van der Waals surface area contributed by atoms with E-state index >= 15 is 0 Å². The molecule has 3 aromatic rings. The number of ether oxygens (including phenoxy) is 1. The van der Waals surface area contributed by atoms with Gasteiger partial charge in [-0.15, -0.1) is 10.2 Å². The molecule has 1 aliphatic rings. The lowest BCUT2D eigenvalue weighted by Crippen LogP contribution is -2.41. The quantitative estimate of drug-likeness (QED) is 0.627. The second kappa shape index (κ2) is 8.20. The van der Waals surface area contributed by atoms with Gasteiger partial charge in [-0.2, -0.15) is 0 Å². The molecule has 0 saturated heterocycles. The first-order valence-electron chi connectivity index (χ1n) is 9.43. The van der Waals surface area contributed by atoms with Gasteiger partial charge >= 0.3 is 0 Å². The summed E-state index contributed by atoms with van der Waals surface area (Å²) in [5, 5.41) is 12.0. The molecule has 30 heavy (non-hydrogen) atoms. The van der Waals surface area contributed by atoms with E-state index in [1.807, 2.05) is 45.0 Å². The van der Waals surface area contributed by atoms with Crippen LogP contribution in [0.25, 0.3) is 0 Å². The molecule has 0 radical (unpaired) electrons. The van der Waals surface area contributed by atoms with E-state index in [1.54, 1.807) is 17.9 Å². The number of halogens is 1. The van der Waals surface area contributed by atoms with Gasteiger partial charge in [-0.1, -0.05) is 35.5 Å². The molecule has 0 spiro atoms. The number of methoxy groups -OCH3 is 1. The number of rotatable bonds is 4. The summed E-state index contributed by atoms with van der Waals surface area (Å²) in [6.45, 7) is 5.87. The number of fused-ring (bicyclic) bond motifs is 1. The number of nitrogens with one attached hydrogen (secondary N) is 2. The molecule has 0 saturated carbocycles. The standard InChI is InChI=1S/C21H22ClN5O2S/c1-11-7-12(2)9-15(8-11)23-20(28)19-18(14-5-6-17(29-4)16(22)10-14)26-27-13(3)24-25-21(27)30-19/h5-10,18-19,26H,1-4H3,(H,23,28)/t18-,19-/m0/s1. The number of anilines is 1. The number of benzene rings is 2. The van der Waals surface area contributed by atoms with Gasteiger partial charge in [-0.3, -0.25) is 4.79 Å². The highest BCUT2D eigenvalue weighted by Crippen LogP contribution is 2.39. The summed E-state index contributed by atoms with van der Waals surface area (Å²) in [5.41, 5.74) is 7.20. The summed E-state index contributed by atoms with van der Waals surface area (Å²) in [5.74, 6) is 1.18. The van der Waals surface area contributed by atoms with Crippen molar-refractivity contribution in [3.8, 4) is 5.75 Å². The van der Waals surface area contributed by atoms with Crippen molar-refractivity contribution < 1.29 is 9.53 Å². The molecule has 0 aliphatic carbocycles. The van der Waals surface area contributed by atoms with E-state index in [4.69, 9.17) is 16.3 Å². The molecule has 0 fully saturated rings. The Bertz CT molecular complexity index is 1100. The summed E-state index contributed by atoms with van der Waals surface area (Å²) in [6, 6.07) is 11.2. The van der Waals surface area contributed by atoms with Crippen LogP contribution in [-0.2, 0) is 4.79 Å². The number of carbonyl (C=O) groups excluding carboxylic acids is 1. The van der Waals surface area contributed by atoms with Gasteiger partial charge in [-0.05, 0) is 61.7 Å². The maximum atomic E-state index is 13.3. The van der Waals surface area contributed by atoms with Gasteiger partial charge in [0.25, 0.3) is 0 Å². The molecule has 4 rings (SSSR count). The van der Waals surface area contributed by atoms with Crippen molar-refractivity contribution in [2.24, 2.45) is 0 Å². The van der Waals surface area contributed by atoms with E-state index in [1.165, 1.54) is 11.8 Å². The number of thioether (sulfide) groups is 1. The molecule has 0 unspecified atom stereocenters. The molecule has 1 aliphatic heterocycles. The van der Waals surface area contributed by atoms with E-state index in [-0.39, 0.29) is 11.9 Å². The van der Waals surface area contributed by atoms with Crippen molar-refractivity contribution in [3.05, 3.63) is 63.9 Å². The van der Waals surface area contributed by atoms with E-state index in [9.17, 15) is 4.79 Å². The van der Waals surface area contributed by atoms with E-state index in [0.717, 1.165) is 28.2 Å². The summed E-state index contributed by atoms with van der Waals surface area (Å²) >= 11 is 7.73. The van der Waals surface area contributed by atoms with Crippen LogP contribution in [0.15, 0.2) is 41.6 Å². The molecular weight excluding hydrogens is 422 g/mol. The number of hydrogen-bond acceptors (Lipinski definition) is 6. The van der Waals surface area contributed by atoms with Gasteiger partial charge in [0.1, 0.15) is 16.8 Å². The lowest BCUT2D eigenvalue weighted by Gasteiger charge is -2.33. The van der Waals surface area contributed by atoms with Crippen LogP contribution in [0, 0.1) is 20.8 Å². The largest absolute Gasteiger partial charge is 0.495 e. The zero-order valence-corrected chi connectivity index (χ0v) is 18.6. The van der Waals surface area contributed by atoms with Crippen molar-refractivity contribution >= 4 is 35.0 Å². The van der Waals surface area contributed by atoms with Crippen molar-refractivity contribution in [1.82, 2.24) is 14.9 Å². The summed E-state index contributed by atoms with van der Waals surface area (Å²) in [6.07, 6.45) is 0. The number of aromatic nitrogens is 3. The van der Waals surface area contributed by atoms with Gasteiger partial charge in [0.05, 0.1) is 18.2 Å². The predicted molar refractivity (Wildman–Crippen MR) is 119 cm³/mol. The Balaban J connectivity index is 1.69. The molecule has 1 aromatic heterocycles. The summed E-state index contributed by atoms with van der Waals surface area (Å²) in [4.78, 5) is 13.3. The van der Waals surface area contributed by atoms with Gasteiger partial charge in [0.15, 0.2) is 0 Å². The van der Waals surface area contributed by atoms with E-state index in [0.29, 0.717) is 15.9 Å². The Labute approximate surface area is 184 Å². The van der Waals surface area contributed by atoms with Gasteiger partial charge < -0.3 is 15.5 Å². The highest BCUT2D eigenvalue weighted by molar-refractivity contribution is 8.00. The van der Waals surface area contributed by atoms with E-state index < -0.39 is 5.25 Å².